The number of carboxylic acid groups (broad SMARTS) is 1. The molecular formula is C49H87N3O5S2. The van der Waals surface area contributed by atoms with E-state index >= 15 is 0 Å². The lowest BCUT2D eigenvalue weighted by Gasteiger charge is -2.58. The smallest absolute Gasteiger partial charge is 0.407 e. The lowest BCUT2D eigenvalue weighted by Crippen LogP contribution is -2.50. The van der Waals surface area contributed by atoms with Crippen LogP contribution in [0.4, 0.5) is 9.59 Å². The first kappa shape index (κ1) is 50.1. The minimum Gasteiger partial charge on any atom is -0.465 e. The second-order valence-electron chi connectivity index (χ2n) is 21.4. The van der Waals surface area contributed by atoms with Gasteiger partial charge in [-0.2, -0.15) is 0 Å². The van der Waals surface area contributed by atoms with Gasteiger partial charge >= 0.3 is 12.2 Å². The van der Waals surface area contributed by atoms with Crippen molar-refractivity contribution in [1.82, 2.24) is 15.5 Å². The van der Waals surface area contributed by atoms with E-state index in [2.05, 4.69) is 51.3 Å². The maximum absolute atomic E-state index is 13.6. The zero-order valence-corrected chi connectivity index (χ0v) is 40.8. The number of unbranched alkanes of at least 4 members (excludes halogenated alkanes) is 4. The van der Waals surface area contributed by atoms with E-state index in [0.717, 1.165) is 79.8 Å². The van der Waals surface area contributed by atoms with E-state index in [0.29, 0.717) is 42.0 Å². The first-order chi connectivity index (χ1) is 27.8. The third kappa shape index (κ3) is 15.1. The summed E-state index contributed by atoms with van der Waals surface area (Å²) in [6, 6.07) is -0.135. The Bertz CT molecular complexity index is 1370. The van der Waals surface area contributed by atoms with Gasteiger partial charge in [0.05, 0.1) is 0 Å². The third-order valence-corrected chi connectivity index (χ3v) is 18.2. The number of nitrogens with one attached hydrogen (secondary N) is 2. The summed E-state index contributed by atoms with van der Waals surface area (Å²) >= 11 is 0. The van der Waals surface area contributed by atoms with Crippen LogP contribution in [0.1, 0.15) is 191 Å². The van der Waals surface area contributed by atoms with Gasteiger partial charge in [0.15, 0.2) is 0 Å². The van der Waals surface area contributed by atoms with Gasteiger partial charge in [0.1, 0.15) is 5.60 Å². The summed E-state index contributed by atoms with van der Waals surface area (Å²) in [6.07, 6.45) is 23.6. The van der Waals surface area contributed by atoms with Gasteiger partial charge in [-0.3, -0.25) is 4.79 Å². The number of alkyl carbamates (subject to hydrolysis) is 1. The van der Waals surface area contributed by atoms with Crippen LogP contribution in [0.25, 0.3) is 0 Å². The Labute approximate surface area is 368 Å². The maximum Gasteiger partial charge on any atom is 0.407 e. The molecule has 3 amide bonds. The van der Waals surface area contributed by atoms with E-state index in [1.165, 1.54) is 70.6 Å². The number of hydrogen-bond acceptors (Lipinski definition) is 6. The Morgan fingerprint density at radius 1 is 0.847 bits per heavy atom. The topological polar surface area (TPSA) is 108 Å². The number of nitrogens with zero attached hydrogens (tertiary/aromatic N) is 1. The second kappa shape index (κ2) is 23.2. The quantitative estimate of drug-likeness (QED) is 0.0533. The normalized spacial score (nSPS) is 29.3. The highest BCUT2D eigenvalue weighted by molar-refractivity contribution is 8.76. The van der Waals surface area contributed by atoms with Crippen LogP contribution in [0.5, 0.6) is 0 Å². The molecule has 0 aromatic heterocycles. The van der Waals surface area contributed by atoms with Crippen LogP contribution in [-0.4, -0.2) is 69.9 Å². The predicted octanol–water partition coefficient (Wildman–Crippen LogP) is 13.3. The Morgan fingerprint density at radius 3 is 2.27 bits per heavy atom. The van der Waals surface area contributed by atoms with Gasteiger partial charge < -0.3 is 25.4 Å². The van der Waals surface area contributed by atoms with Crippen molar-refractivity contribution in [3.8, 4) is 0 Å². The van der Waals surface area contributed by atoms with Gasteiger partial charge in [-0.25, -0.2) is 9.59 Å². The lowest BCUT2D eigenvalue weighted by molar-refractivity contribution is -0.131. The molecule has 3 N–H and O–H groups in total. The molecule has 10 heteroatoms. The molecule has 340 valence electrons. The number of allylic oxidation sites excluding steroid dienone is 2. The SMILES string of the molecule is CC(C)CCCC(C)[C@H]1CC[C@H]2[C@@H]3CC=C4C[C@@H](SSCCC(=O)N(CCCCCCCC(C)NC(=O)OC(C)(C)C)CCC(C)NC(=O)O)CC[C@]4(C)[C@H]3CC[C@]12C. The van der Waals surface area contributed by atoms with E-state index < -0.39 is 11.7 Å². The van der Waals surface area contributed by atoms with E-state index in [4.69, 9.17) is 4.74 Å². The Balaban J connectivity index is 1.19. The third-order valence-electron chi connectivity index (χ3n) is 15.2. The van der Waals surface area contributed by atoms with Crippen molar-refractivity contribution >= 4 is 39.7 Å². The van der Waals surface area contributed by atoms with E-state index in [1.807, 2.05) is 61.1 Å². The summed E-state index contributed by atoms with van der Waals surface area (Å²) in [5, 5.41) is 15.3. The lowest BCUT2D eigenvalue weighted by atomic mass is 9.47. The molecule has 10 atom stereocenters. The number of rotatable bonds is 23. The van der Waals surface area contributed by atoms with Crippen molar-refractivity contribution in [2.75, 3.05) is 18.8 Å². The van der Waals surface area contributed by atoms with Crippen molar-refractivity contribution in [3.63, 3.8) is 0 Å². The molecule has 0 aromatic carbocycles. The van der Waals surface area contributed by atoms with Gasteiger partial charge in [0, 0.05) is 42.6 Å². The van der Waals surface area contributed by atoms with Gasteiger partial charge in [-0.15, -0.1) is 0 Å². The van der Waals surface area contributed by atoms with E-state index in [9.17, 15) is 19.5 Å². The molecule has 4 rings (SSSR count). The molecule has 8 nitrogen and oxygen atoms in total. The summed E-state index contributed by atoms with van der Waals surface area (Å²) in [7, 11) is 3.91. The molecule has 3 unspecified atom stereocenters. The van der Waals surface area contributed by atoms with Crippen molar-refractivity contribution < 1.29 is 24.2 Å². The first-order valence-corrected chi connectivity index (χ1v) is 26.4. The zero-order chi connectivity index (χ0) is 43.4. The van der Waals surface area contributed by atoms with Crippen LogP contribution in [0.3, 0.4) is 0 Å². The minimum absolute atomic E-state index is 0.0672. The molecule has 0 spiro atoms. The highest BCUT2D eigenvalue weighted by Crippen LogP contribution is 2.67. The molecule has 0 aliphatic heterocycles. The average molecular weight is 862 g/mol. The highest BCUT2D eigenvalue weighted by atomic mass is 33.1. The fraction of sp³-hybridized carbons (Fsp3) is 0.898. The predicted molar refractivity (Wildman–Crippen MR) is 250 cm³/mol. The summed E-state index contributed by atoms with van der Waals surface area (Å²) in [6.45, 7) is 23.4. The Morgan fingerprint density at radius 2 is 1.56 bits per heavy atom. The fourth-order valence-electron chi connectivity index (χ4n) is 12.0. The summed E-state index contributed by atoms with van der Waals surface area (Å²) in [5.41, 5.74) is 2.16. The molecule has 4 aliphatic rings. The van der Waals surface area contributed by atoms with Gasteiger partial charge in [0.2, 0.25) is 5.91 Å². The second-order valence-corrected chi connectivity index (χ2v) is 24.2. The highest BCUT2D eigenvalue weighted by Gasteiger charge is 2.59. The van der Waals surface area contributed by atoms with Gasteiger partial charge in [-0.1, -0.05) is 113 Å². The molecule has 3 saturated carbocycles. The zero-order valence-electron chi connectivity index (χ0n) is 39.2. The van der Waals surface area contributed by atoms with Crippen LogP contribution in [0, 0.1) is 46.3 Å². The Hall–Kier alpha value is -1.55. The van der Waals surface area contributed by atoms with Gasteiger partial charge in [-0.05, 0) is 152 Å². The van der Waals surface area contributed by atoms with Crippen molar-refractivity contribution in [3.05, 3.63) is 11.6 Å². The summed E-state index contributed by atoms with van der Waals surface area (Å²) in [4.78, 5) is 38.8. The molecular weight excluding hydrogens is 775 g/mol. The van der Waals surface area contributed by atoms with Crippen LogP contribution >= 0.6 is 21.6 Å². The van der Waals surface area contributed by atoms with Crippen LogP contribution in [0.15, 0.2) is 11.6 Å². The molecule has 4 aliphatic carbocycles. The average Bonchev–Trinajstić information content (AvgIpc) is 3.50. The van der Waals surface area contributed by atoms with Crippen LogP contribution in [-0.2, 0) is 9.53 Å². The van der Waals surface area contributed by atoms with Gasteiger partial charge in [0.25, 0.3) is 0 Å². The largest absolute Gasteiger partial charge is 0.465 e. The molecule has 3 fully saturated rings. The van der Waals surface area contributed by atoms with Crippen molar-refractivity contribution in [2.45, 2.75) is 214 Å². The Kier molecular flexibility index (Phi) is 19.7. The molecule has 0 radical (unpaired) electrons. The number of carbonyl (C=O) groups excluding carboxylic acids is 2. The van der Waals surface area contributed by atoms with Crippen molar-refractivity contribution in [1.29, 1.82) is 0 Å². The standard InChI is InChI=1S/C49H87N3O5S2/c1-34(2)17-16-18-35(3)41-22-23-42-40-21-20-38-33-39(24-28-48(38,9)43(40)25-29-49(41,42)10)59-58-32-27-44(53)52(31-26-37(5)50-45(54)55)30-15-13-11-12-14-19-36(4)51-46(56)57-47(6,7)8/h20,34-37,39-43,50H,11-19,21-33H2,1-10H3,(H,51,56)(H,54,55)/t35?,36?,37?,39-,40-,41+,42-,43-,48-,49+/m0/s1. The fourth-order valence-corrected chi connectivity index (χ4v) is 14.6. The van der Waals surface area contributed by atoms with Crippen LogP contribution in [0.2, 0.25) is 0 Å². The number of amides is 3. The summed E-state index contributed by atoms with van der Waals surface area (Å²) < 4.78 is 5.37. The monoisotopic (exact) mass is 862 g/mol. The molecule has 0 saturated heterocycles. The molecule has 59 heavy (non-hydrogen) atoms. The molecule has 0 heterocycles. The number of fused-ring (bicyclic) bond motifs is 5. The van der Waals surface area contributed by atoms with E-state index in [-0.39, 0.29) is 24.1 Å². The summed E-state index contributed by atoms with van der Waals surface area (Å²) in [5.74, 6) is 6.21. The van der Waals surface area contributed by atoms with E-state index in [1.54, 1.807) is 5.57 Å². The number of ether oxygens (including phenoxy) is 1. The number of hydrogen-bond donors (Lipinski definition) is 3. The first-order valence-electron chi connectivity index (χ1n) is 24.1. The maximum atomic E-state index is 13.6. The van der Waals surface area contributed by atoms with Crippen molar-refractivity contribution in [2.24, 2.45) is 46.3 Å². The molecule has 0 bridgehead atoms. The van der Waals surface area contributed by atoms with Crippen LogP contribution < -0.4 is 10.6 Å². The molecule has 0 aromatic rings. The number of carbonyl (C=O) groups is 3. The minimum atomic E-state index is -1.02.